The van der Waals surface area contributed by atoms with Crippen LogP contribution in [0.2, 0.25) is 0 Å². The molecule has 1 aliphatic heterocycles. The van der Waals surface area contributed by atoms with E-state index in [9.17, 15) is 9.90 Å². The highest BCUT2D eigenvalue weighted by atomic mass is 16.3. The predicted molar refractivity (Wildman–Crippen MR) is 95.0 cm³/mol. The van der Waals surface area contributed by atoms with Crippen LogP contribution in [0.25, 0.3) is 0 Å². The predicted octanol–water partition coefficient (Wildman–Crippen LogP) is 3.21. The van der Waals surface area contributed by atoms with Gasteiger partial charge in [-0.05, 0) is 55.9 Å². The average Bonchev–Trinajstić information content (AvgIpc) is 2.55. The molecular formula is C18H29N3O2. The van der Waals surface area contributed by atoms with Crippen molar-refractivity contribution >= 4 is 17.4 Å². The van der Waals surface area contributed by atoms with Crippen molar-refractivity contribution in [3.8, 4) is 0 Å². The van der Waals surface area contributed by atoms with Crippen LogP contribution in [0.3, 0.4) is 0 Å². The molecule has 2 rings (SSSR count). The molecule has 128 valence electrons. The number of aliphatic hydroxyl groups is 1. The fraction of sp³-hybridized carbons (Fsp3) is 0.611. The van der Waals surface area contributed by atoms with Crippen LogP contribution in [0.15, 0.2) is 24.3 Å². The van der Waals surface area contributed by atoms with Crippen LogP contribution in [0.5, 0.6) is 0 Å². The van der Waals surface area contributed by atoms with E-state index < -0.39 is 0 Å². The molecule has 0 aromatic heterocycles. The minimum atomic E-state index is -0.268. The molecule has 5 heteroatoms. The number of carbonyl (C=O) groups is 1. The second-order valence-electron chi connectivity index (χ2n) is 6.70. The van der Waals surface area contributed by atoms with Gasteiger partial charge in [-0.15, -0.1) is 0 Å². The average molecular weight is 319 g/mol. The van der Waals surface area contributed by atoms with Crippen LogP contribution in [0, 0.1) is 5.92 Å². The number of carbonyl (C=O) groups excluding carboxylic acids is 1. The Hall–Kier alpha value is -1.75. The van der Waals surface area contributed by atoms with Crippen molar-refractivity contribution in [1.82, 2.24) is 5.32 Å². The summed E-state index contributed by atoms with van der Waals surface area (Å²) in [5.41, 5.74) is 1.98. The molecule has 1 saturated heterocycles. The molecular weight excluding hydrogens is 290 g/mol. The van der Waals surface area contributed by atoms with Crippen molar-refractivity contribution in [2.75, 3.05) is 29.9 Å². The van der Waals surface area contributed by atoms with E-state index in [4.69, 9.17) is 0 Å². The lowest BCUT2D eigenvalue weighted by atomic mass is 10.0. The van der Waals surface area contributed by atoms with Crippen LogP contribution < -0.4 is 15.5 Å². The van der Waals surface area contributed by atoms with Crippen molar-refractivity contribution in [1.29, 1.82) is 0 Å². The molecule has 1 heterocycles. The van der Waals surface area contributed by atoms with E-state index in [2.05, 4.69) is 41.5 Å². The number of hydrogen-bond acceptors (Lipinski definition) is 3. The smallest absolute Gasteiger partial charge is 0.319 e. The fourth-order valence-corrected chi connectivity index (χ4v) is 3.01. The second-order valence-corrected chi connectivity index (χ2v) is 6.70. The van der Waals surface area contributed by atoms with Crippen LogP contribution in [-0.2, 0) is 0 Å². The van der Waals surface area contributed by atoms with Crippen molar-refractivity contribution in [2.24, 2.45) is 5.92 Å². The summed E-state index contributed by atoms with van der Waals surface area (Å²) >= 11 is 0. The normalized spacial score (nSPS) is 16.3. The van der Waals surface area contributed by atoms with E-state index in [1.54, 1.807) is 0 Å². The maximum absolute atomic E-state index is 12.0. The third kappa shape index (κ3) is 5.75. The van der Waals surface area contributed by atoms with E-state index in [1.807, 2.05) is 12.1 Å². The van der Waals surface area contributed by atoms with Gasteiger partial charge in [-0.2, -0.15) is 0 Å². The Labute approximate surface area is 139 Å². The van der Waals surface area contributed by atoms with E-state index in [0.29, 0.717) is 5.92 Å². The first-order valence-corrected chi connectivity index (χ1v) is 8.62. The molecule has 2 amide bonds. The van der Waals surface area contributed by atoms with E-state index in [-0.39, 0.29) is 18.7 Å². The lowest BCUT2D eigenvalue weighted by molar-refractivity contribution is 0.214. The molecule has 23 heavy (non-hydrogen) atoms. The molecule has 0 aliphatic carbocycles. The van der Waals surface area contributed by atoms with Gasteiger partial charge >= 0.3 is 6.03 Å². The summed E-state index contributed by atoms with van der Waals surface area (Å²) in [6.45, 7) is 6.32. The molecule has 1 aromatic rings. The van der Waals surface area contributed by atoms with Gasteiger partial charge in [0.15, 0.2) is 0 Å². The molecule has 0 saturated carbocycles. The SMILES string of the molecule is CC(C)CC(CO)NC(=O)Nc1ccc(N2CCCCC2)cc1. The van der Waals surface area contributed by atoms with Crippen LogP contribution >= 0.6 is 0 Å². The quantitative estimate of drug-likeness (QED) is 0.754. The zero-order valence-electron chi connectivity index (χ0n) is 14.2. The zero-order chi connectivity index (χ0) is 16.7. The largest absolute Gasteiger partial charge is 0.394 e. The zero-order valence-corrected chi connectivity index (χ0v) is 14.2. The summed E-state index contributed by atoms with van der Waals surface area (Å²) in [7, 11) is 0. The Morgan fingerprint density at radius 1 is 1.17 bits per heavy atom. The van der Waals surface area contributed by atoms with Crippen molar-refractivity contribution in [3.63, 3.8) is 0 Å². The maximum Gasteiger partial charge on any atom is 0.319 e. The van der Waals surface area contributed by atoms with Gasteiger partial charge in [0.05, 0.1) is 12.6 Å². The minimum Gasteiger partial charge on any atom is -0.394 e. The highest BCUT2D eigenvalue weighted by Gasteiger charge is 2.14. The Balaban J connectivity index is 1.85. The standard InChI is InChI=1S/C18H29N3O2/c1-14(2)12-16(13-22)20-18(23)19-15-6-8-17(9-7-15)21-10-4-3-5-11-21/h6-9,14,16,22H,3-5,10-13H2,1-2H3,(H2,19,20,23). The number of benzene rings is 1. The lowest BCUT2D eigenvalue weighted by Crippen LogP contribution is -2.40. The number of hydrogen-bond donors (Lipinski definition) is 3. The summed E-state index contributed by atoms with van der Waals surface area (Å²) in [5.74, 6) is 0.427. The van der Waals surface area contributed by atoms with Crippen LogP contribution in [0.4, 0.5) is 16.2 Å². The monoisotopic (exact) mass is 319 g/mol. The Kier molecular flexibility index (Phi) is 6.71. The number of amides is 2. The van der Waals surface area contributed by atoms with E-state index in [0.717, 1.165) is 25.2 Å². The molecule has 1 unspecified atom stereocenters. The lowest BCUT2D eigenvalue weighted by Gasteiger charge is -2.28. The van der Waals surface area contributed by atoms with Gasteiger partial charge in [0.25, 0.3) is 0 Å². The first-order chi connectivity index (χ1) is 11.1. The number of urea groups is 1. The third-order valence-electron chi connectivity index (χ3n) is 4.16. The molecule has 0 bridgehead atoms. The Morgan fingerprint density at radius 3 is 2.39 bits per heavy atom. The van der Waals surface area contributed by atoms with E-state index >= 15 is 0 Å². The Bertz CT molecular complexity index is 482. The first kappa shape index (κ1) is 17.6. The third-order valence-corrected chi connectivity index (χ3v) is 4.16. The molecule has 5 nitrogen and oxygen atoms in total. The van der Waals surface area contributed by atoms with Gasteiger partial charge in [-0.1, -0.05) is 13.8 Å². The fourth-order valence-electron chi connectivity index (χ4n) is 3.01. The van der Waals surface area contributed by atoms with Crippen LogP contribution in [0.1, 0.15) is 39.5 Å². The summed E-state index contributed by atoms with van der Waals surface area (Å²) in [4.78, 5) is 14.4. The number of piperidine rings is 1. The van der Waals surface area contributed by atoms with Crippen molar-refractivity contribution in [2.45, 2.75) is 45.6 Å². The summed E-state index contributed by atoms with van der Waals surface area (Å²) in [5, 5.41) is 15.0. The van der Waals surface area contributed by atoms with E-state index in [1.165, 1.54) is 24.9 Å². The number of rotatable bonds is 6. The maximum atomic E-state index is 12.0. The summed E-state index contributed by atoms with van der Waals surface area (Å²) in [6.07, 6.45) is 4.58. The van der Waals surface area contributed by atoms with Gasteiger partial charge in [0, 0.05) is 24.5 Å². The summed E-state index contributed by atoms with van der Waals surface area (Å²) in [6, 6.07) is 7.50. The first-order valence-electron chi connectivity index (χ1n) is 8.62. The van der Waals surface area contributed by atoms with Crippen molar-refractivity contribution < 1.29 is 9.90 Å². The topological polar surface area (TPSA) is 64.6 Å². The molecule has 0 radical (unpaired) electrons. The molecule has 3 N–H and O–H groups in total. The molecule has 0 spiro atoms. The van der Waals surface area contributed by atoms with Crippen molar-refractivity contribution in [3.05, 3.63) is 24.3 Å². The molecule has 1 aromatic carbocycles. The number of anilines is 2. The van der Waals surface area contributed by atoms with Gasteiger partial charge in [-0.25, -0.2) is 4.79 Å². The molecule has 1 fully saturated rings. The van der Waals surface area contributed by atoms with Gasteiger partial charge in [-0.3, -0.25) is 0 Å². The Morgan fingerprint density at radius 2 is 1.83 bits per heavy atom. The highest BCUT2D eigenvalue weighted by Crippen LogP contribution is 2.21. The number of nitrogens with zero attached hydrogens (tertiary/aromatic N) is 1. The van der Waals surface area contributed by atoms with Gasteiger partial charge < -0.3 is 20.6 Å². The molecule has 1 atom stereocenters. The van der Waals surface area contributed by atoms with Gasteiger partial charge in [0.1, 0.15) is 0 Å². The van der Waals surface area contributed by atoms with Gasteiger partial charge in [0.2, 0.25) is 0 Å². The number of nitrogens with one attached hydrogen (secondary N) is 2. The highest BCUT2D eigenvalue weighted by molar-refractivity contribution is 5.89. The number of aliphatic hydroxyl groups excluding tert-OH is 1. The minimum absolute atomic E-state index is 0.0422. The molecule has 1 aliphatic rings. The van der Waals surface area contributed by atoms with Crippen LogP contribution in [-0.4, -0.2) is 36.9 Å². The summed E-state index contributed by atoms with van der Waals surface area (Å²) < 4.78 is 0. The second kappa shape index (κ2) is 8.77.